The van der Waals surface area contributed by atoms with Gasteiger partial charge in [0.1, 0.15) is 16.6 Å². The molecule has 0 atom stereocenters. The summed E-state index contributed by atoms with van der Waals surface area (Å²) >= 11 is 3.26. The van der Waals surface area contributed by atoms with Gasteiger partial charge in [-0.1, -0.05) is 18.7 Å². The number of anilines is 2. The molecule has 2 N–H and O–H groups in total. The summed E-state index contributed by atoms with van der Waals surface area (Å²) in [4.78, 5) is 14.4. The Labute approximate surface area is 121 Å². The zero-order valence-electron chi connectivity index (χ0n) is 11.2. The number of nitrogens with zero attached hydrogens (tertiary/aromatic N) is 3. The van der Waals surface area contributed by atoms with Gasteiger partial charge in [0, 0.05) is 24.2 Å². The number of thiazole rings is 1. The molecule has 2 heterocycles. The first kappa shape index (κ1) is 14.1. The van der Waals surface area contributed by atoms with Crippen LogP contribution in [0.25, 0.3) is 0 Å². The highest BCUT2D eigenvalue weighted by atomic mass is 32.2. The van der Waals surface area contributed by atoms with Crippen LogP contribution >= 0.6 is 23.1 Å². The lowest BCUT2D eigenvalue weighted by atomic mass is 10.4. The van der Waals surface area contributed by atoms with Gasteiger partial charge in [0.15, 0.2) is 5.16 Å². The maximum absolute atomic E-state index is 4.42. The van der Waals surface area contributed by atoms with Crippen molar-refractivity contribution in [2.45, 2.75) is 25.0 Å². The van der Waals surface area contributed by atoms with E-state index in [0.717, 1.165) is 28.2 Å². The highest BCUT2D eigenvalue weighted by Crippen LogP contribution is 2.19. The summed E-state index contributed by atoms with van der Waals surface area (Å²) in [7, 11) is 1.85. The predicted molar refractivity (Wildman–Crippen MR) is 82.2 cm³/mol. The maximum atomic E-state index is 4.42. The zero-order valence-corrected chi connectivity index (χ0v) is 12.9. The Morgan fingerprint density at radius 1 is 1.32 bits per heavy atom. The van der Waals surface area contributed by atoms with E-state index in [1.807, 2.05) is 25.6 Å². The Morgan fingerprint density at radius 2 is 2.11 bits per heavy atom. The highest BCUT2D eigenvalue weighted by Gasteiger charge is 2.04. The molecule has 5 nitrogen and oxygen atoms in total. The van der Waals surface area contributed by atoms with E-state index in [0.29, 0.717) is 6.54 Å². The Balaban J connectivity index is 2.05. The van der Waals surface area contributed by atoms with Crippen LogP contribution in [-0.4, -0.2) is 28.3 Å². The standard InChI is InChI=1S/C12H17N5S2/c1-4-8-6-15-11(19-8)7-14-10-5-9(13-2)16-12(17-10)18-3/h5-6H,4,7H2,1-3H3,(H2,13,14,16,17). The summed E-state index contributed by atoms with van der Waals surface area (Å²) in [5.41, 5.74) is 0. The molecule has 2 aromatic rings. The first-order valence-electron chi connectivity index (χ1n) is 6.03. The molecule has 0 aliphatic rings. The fraction of sp³-hybridized carbons (Fsp3) is 0.417. The van der Waals surface area contributed by atoms with Gasteiger partial charge in [0.05, 0.1) is 6.54 Å². The molecule has 19 heavy (non-hydrogen) atoms. The highest BCUT2D eigenvalue weighted by molar-refractivity contribution is 7.98. The van der Waals surface area contributed by atoms with Crippen molar-refractivity contribution in [3.05, 3.63) is 22.1 Å². The van der Waals surface area contributed by atoms with Crippen LogP contribution in [-0.2, 0) is 13.0 Å². The number of nitrogens with one attached hydrogen (secondary N) is 2. The van der Waals surface area contributed by atoms with Crippen molar-refractivity contribution in [2.75, 3.05) is 23.9 Å². The average molecular weight is 295 g/mol. The number of aryl methyl sites for hydroxylation is 1. The smallest absolute Gasteiger partial charge is 0.191 e. The molecule has 0 spiro atoms. The fourth-order valence-electron chi connectivity index (χ4n) is 1.49. The Bertz CT molecular complexity index is 518. The van der Waals surface area contributed by atoms with Gasteiger partial charge in [-0.2, -0.15) is 0 Å². The minimum absolute atomic E-state index is 0.693. The van der Waals surface area contributed by atoms with Crippen LogP contribution < -0.4 is 10.6 Å². The molecule has 0 unspecified atom stereocenters. The van der Waals surface area contributed by atoms with E-state index in [4.69, 9.17) is 0 Å². The van der Waals surface area contributed by atoms with Crippen LogP contribution in [0.15, 0.2) is 17.4 Å². The van der Waals surface area contributed by atoms with E-state index >= 15 is 0 Å². The molecule has 2 aromatic heterocycles. The van der Waals surface area contributed by atoms with E-state index < -0.39 is 0 Å². The van der Waals surface area contributed by atoms with Crippen LogP contribution in [0, 0.1) is 0 Å². The number of aromatic nitrogens is 3. The Hall–Kier alpha value is -1.34. The molecular weight excluding hydrogens is 278 g/mol. The second-order valence-electron chi connectivity index (χ2n) is 3.80. The van der Waals surface area contributed by atoms with Gasteiger partial charge < -0.3 is 10.6 Å². The van der Waals surface area contributed by atoms with E-state index in [2.05, 4.69) is 32.5 Å². The molecule has 0 saturated carbocycles. The van der Waals surface area contributed by atoms with Crippen LogP contribution in [0.1, 0.15) is 16.8 Å². The third-order valence-electron chi connectivity index (χ3n) is 2.51. The van der Waals surface area contributed by atoms with Gasteiger partial charge in [-0.15, -0.1) is 11.3 Å². The molecule has 102 valence electrons. The van der Waals surface area contributed by atoms with Crippen molar-refractivity contribution < 1.29 is 0 Å². The third kappa shape index (κ3) is 3.81. The number of thioether (sulfide) groups is 1. The van der Waals surface area contributed by atoms with Gasteiger partial charge in [0.25, 0.3) is 0 Å². The Morgan fingerprint density at radius 3 is 2.74 bits per heavy atom. The quantitative estimate of drug-likeness (QED) is 0.631. The monoisotopic (exact) mass is 295 g/mol. The van der Waals surface area contributed by atoms with E-state index in [9.17, 15) is 0 Å². The first-order valence-corrected chi connectivity index (χ1v) is 8.07. The molecule has 2 rings (SSSR count). The summed E-state index contributed by atoms with van der Waals surface area (Å²) in [6.07, 6.45) is 4.94. The van der Waals surface area contributed by atoms with E-state index in [-0.39, 0.29) is 0 Å². The minimum atomic E-state index is 0.693. The summed E-state index contributed by atoms with van der Waals surface area (Å²) in [6, 6.07) is 1.90. The second kappa shape index (κ2) is 6.72. The van der Waals surface area contributed by atoms with E-state index in [1.165, 1.54) is 16.6 Å². The molecule has 7 heteroatoms. The van der Waals surface area contributed by atoms with Crippen molar-refractivity contribution >= 4 is 34.7 Å². The molecular formula is C12H17N5S2. The number of rotatable bonds is 6. The van der Waals surface area contributed by atoms with Crippen LogP contribution in [0.5, 0.6) is 0 Å². The van der Waals surface area contributed by atoms with Crippen molar-refractivity contribution in [1.82, 2.24) is 15.0 Å². The van der Waals surface area contributed by atoms with Crippen molar-refractivity contribution in [3.8, 4) is 0 Å². The van der Waals surface area contributed by atoms with Gasteiger partial charge in [-0.25, -0.2) is 15.0 Å². The normalized spacial score (nSPS) is 10.5. The summed E-state index contributed by atoms with van der Waals surface area (Å²) < 4.78 is 0. The Kier molecular flexibility index (Phi) is 4.98. The molecule has 0 bridgehead atoms. The summed E-state index contributed by atoms with van der Waals surface area (Å²) in [5, 5.41) is 8.16. The lowest BCUT2D eigenvalue weighted by molar-refractivity contribution is 0.955. The van der Waals surface area contributed by atoms with Crippen molar-refractivity contribution in [3.63, 3.8) is 0 Å². The van der Waals surface area contributed by atoms with E-state index in [1.54, 1.807) is 11.3 Å². The van der Waals surface area contributed by atoms with Gasteiger partial charge in [-0.3, -0.25) is 0 Å². The lowest BCUT2D eigenvalue weighted by Crippen LogP contribution is -2.04. The van der Waals surface area contributed by atoms with Gasteiger partial charge in [0.2, 0.25) is 0 Å². The molecule has 0 aliphatic heterocycles. The SMILES string of the molecule is CCc1cnc(CNc2cc(NC)nc(SC)n2)s1. The number of hydrogen-bond acceptors (Lipinski definition) is 7. The molecule has 0 radical (unpaired) electrons. The minimum Gasteiger partial charge on any atom is -0.373 e. The zero-order chi connectivity index (χ0) is 13.7. The second-order valence-corrected chi connectivity index (χ2v) is 5.78. The van der Waals surface area contributed by atoms with Crippen LogP contribution in [0.4, 0.5) is 11.6 Å². The van der Waals surface area contributed by atoms with Crippen molar-refractivity contribution in [1.29, 1.82) is 0 Å². The molecule has 0 amide bonds. The van der Waals surface area contributed by atoms with Gasteiger partial charge >= 0.3 is 0 Å². The van der Waals surface area contributed by atoms with Crippen LogP contribution in [0.2, 0.25) is 0 Å². The van der Waals surface area contributed by atoms with Crippen molar-refractivity contribution in [2.24, 2.45) is 0 Å². The van der Waals surface area contributed by atoms with Crippen LogP contribution in [0.3, 0.4) is 0 Å². The number of hydrogen-bond donors (Lipinski definition) is 2. The molecule has 0 aliphatic carbocycles. The summed E-state index contributed by atoms with van der Waals surface area (Å²) in [6.45, 7) is 2.83. The largest absolute Gasteiger partial charge is 0.373 e. The maximum Gasteiger partial charge on any atom is 0.191 e. The molecule has 0 fully saturated rings. The molecule has 0 aromatic carbocycles. The average Bonchev–Trinajstić information content (AvgIpc) is 2.92. The predicted octanol–water partition coefficient (Wildman–Crippen LogP) is 2.87. The fourth-order valence-corrected chi connectivity index (χ4v) is 2.68. The lowest BCUT2D eigenvalue weighted by Gasteiger charge is -2.07. The third-order valence-corrected chi connectivity index (χ3v) is 4.20. The van der Waals surface area contributed by atoms with Gasteiger partial charge in [-0.05, 0) is 12.7 Å². The summed E-state index contributed by atoms with van der Waals surface area (Å²) in [5.74, 6) is 1.63. The molecule has 0 saturated heterocycles. The first-order chi connectivity index (χ1) is 9.25. The topological polar surface area (TPSA) is 62.7 Å².